The monoisotopic (exact) mass is 624 g/mol. The minimum Gasteiger partial charge on any atom is -0.335 e. The van der Waals surface area contributed by atoms with E-state index < -0.39 is 5.54 Å². The van der Waals surface area contributed by atoms with E-state index >= 15 is 0 Å². The second-order valence-electron chi connectivity index (χ2n) is 14.3. The number of amides is 2. The van der Waals surface area contributed by atoms with Crippen LogP contribution in [0.1, 0.15) is 72.9 Å². The first kappa shape index (κ1) is 30.5. The molecule has 0 spiro atoms. The lowest BCUT2D eigenvalue weighted by atomic mass is 9.65. The van der Waals surface area contributed by atoms with Gasteiger partial charge in [0.2, 0.25) is 5.91 Å². The molecule has 2 amide bonds. The third kappa shape index (κ3) is 5.84. The van der Waals surface area contributed by atoms with Gasteiger partial charge in [-0.25, -0.2) is 0 Å². The normalized spacial score (nSPS) is 20.1. The van der Waals surface area contributed by atoms with Crippen LogP contribution in [0.3, 0.4) is 0 Å². The molecule has 1 saturated carbocycles. The fourth-order valence-corrected chi connectivity index (χ4v) is 8.25. The zero-order valence-electron chi connectivity index (χ0n) is 27.1. The number of hydrogen-bond donors (Lipinski definition) is 1. The van der Waals surface area contributed by atoms with Crippen molar-refractivity contribution in [1.29, 1.82) is 0 Å². The highest BCUT2D eigenvalue weighted by atomic mass is 16.2. The van der Waals surface area contributed by atoms with Gasteiger partial charge in [-0.2, -0.15) is 0 Å². The number of nitrogens with one attached hydrogen (secondary N) is 1. The van der Waals surface area contributed by atoms with Crippen LogP contribution in [0.15, 0.2) is 115 Å². The van der Waals surface area contributed by atoms with E-state index in [-0.39, 0.29) is 35.1 Å². The predicted octanol–water partition coefficient (Wildman–Crippen LogP) is 6.74. The van der Waals surface area contributed by atoms with Crippen LogP contribution in [0.4, 0.5) is 5.69 Å². The number of hydrogen-bond acceptors (Lipinski definition) is 5. The van der Waals surface area contributed by atoms with Gasteiger partial charge in [0.15, 0.2) is 11.4 Å². The molecule has 1 saturated heterocycles. The van der Waals surface area contributed by atoms with Gasteiger partial charge in [0.1, 0.15) is 0 Å². The van der Waals surface area contributed by atoms with Gasteiger partial charge in [-0.15, -0.1) is 15.0 Å². The smallest absolute Gasteiger partial charge is 0.254 e. The summed E-state index contributed by atoms with van der Waals surface area (Å²) in [5, 5.41) is 16.6. The average Bonchev–Trinajstić information content (AvgIpc) is 3.63. The van der Waals surface area contributed by atoms with Crippen LogP contribution in [-0.4, -0.2) is 49.5 Å². The number of aromatic nitrogens is 4. The Bertz CT molecular complexity index is 1770. The van der Waals surface area contributed by atoms with Crippen LogP contribution in [0.25, 0.3) is 0 Å². The van der Waals surface area contributed by atoms with Gasteiger partial charge in [-0.1, -0.05) is 112 Å². The number of fused-ring (bicyclic) bond motifs is 2. The molecule has 1 aliphatic carbocycles. The third-order valence-electron chi connectivity index (χ3n) is 9.74. The summed E-state index contributed by atoms with van der Waals surface area (Å²) in [6, 6.07) is 37.7. The lowest BCUT2D eigenvalue weighted by Crippen LogP contribution is -2.39. The summed E-state index contributed by atoms with van der Waals surface area (Å²) in [6.45, 7) is 7.73. The van der Waals surface area contributed by atoms with Crippen LogP contribution in [0.5, 0.6) is 0 Å². The van der Waals surface area contributed by atoms with Gasteiger partial charge in [-0.3, -0.25) is 9.59 Å². The molecule has 238 valence electrons. The number of tetrazole rings is 1. The third-order valence-corrected chi connectivity index (χ3v) is 9.74. The highest BCUT2D eigenvalue weighted by molar-refractivity contribution is 5.96. The Morgan fingerprint density at radius 3 is 1.89 bits per heavy atom. The largest absolute Gasteiger partial charge is 0.335 e. The summed E-state index contributed by atoms with van der Waals surface area (Å²) in [4.78, 5) is 30.4. The van der Waals surface area contributed by atoms with E-state index in [9.17, 15) is 9.59 Å². The van der Waals surface area contributed by atoms with E-state index in [0.29, 0.717) is 17.1 Å². The first-order valence-corrected chi connectivity index (χ1v) is 16.3. The van der Waals surface area contributed by atoms with E-state index in [1.165, 1.54) is 0 Å². The first-order valence-electron chi connectivity index (χ1n) is 16.3. The molecule has 1 aliphatic heterocycles. The summed E-state index contributed by atoms with van der Waals surface area (Å²) >= 11 is 0. The minimum absolute atomic E-state index is 0.0566. The Morgan fingerprint density at radius 1 is 0.787 bits per heavy atom. The van der Waals surface area contributed by atoms with Crippen molar-refractivity contribution >= 4 is 17.5 Å². The van der Waals surface area contributed by atoms with Crippen molar-refractivity contribution in [2.45, 2.75) is 58.0 Å². The van der Waals surface area contributed by atoms with Crippen molar-refractivity contribution in [3.8, 4) is 0 Å². The molecule has 47 heavy (non-hydrogen) atoms. The number of carbonyl (C=O) groups is 2. The summed E-state index contributed by atoms with van der Waals surface area (Å²) in [5.74, 6) is 0.101. The maximum absolute atomic E-state index is 13.5. The molecule has 2 bridgehead atoms. The summed E-state index contributed by atoms with van der Waals surface area (Å²) < 4.78 is 0. The molecule has 2 aliphatic rings. The van der Waals surface area contributed by atoms with Crippen LogP contribution in [0.2, 0.25) is 0 Å². The fraction of sp³-hybridized carbons (Fsp3) is 0.308. The van der Waals surface area contributed by atoms with E-state index in [1.54, 1.807) is 29.1 Å². The lowest BCUT2D eigenvalue weighted by molar-refractivity contribution is -0.115. The second kappa shape index (κ2) is 11.9. The summed E-state index contributed by atoms with van der Waals surface area (Å²) in [6.07, 6.45) is 3.18. The van der Waals surface area contributed by atoms with Crippen molar-refractivity contribution in [1.82, 2.24) is 25.1 Å². The van der Waals surface area contributed by atoms with Crippen molar-refractivity contribution in [2.75, 3.05) is 11.9 Å². The molecule has 5 aromatic rings. The SMILES string of the molecule is CC1(C)CC2CC(C)(CN2C(=O)c2ccc(NC(=O)Cc3nnn(C(c4ccccc4)(c4ccccc4)c4ccccc4)n3)cc2)C1. The molecule has 1 aromatic heterocycles. The Hall–Kier alpha value is -5.11. The van der Waals surface area contributed by atoms with E-state index in [0.717, 1.165) is 42.5 Å². The zero-order valence-corrected chi connectivity index (χ0v) is 27.1. The van der Waals surface area contributed by atoms with Crippen molar-refractivity contribution in [3.05, 3.63) is 143 Å². The molecular formula is C39H40N6O2. The van der Waals surface area contributed by atoms with Gasteiger partial charge in [0, 0.05) is 23.8 Å². The molecule has 4 aromatic carbocycles. The summed E-state index contributed by atoms with van der Waals surface area (Å²) in [5.41, 5.74) is 3.67. The standard InChI is InChI=1S/C39H40N6O2/c1-37(2)24-33-25-38(3,26-37)27-44(33)36(47)28-19-21-32(22-20-28)40-35(46)23-34-41-43-45(42-34)39(29-13-7-4-8-14-29,30-15-9-5-10-16-30)31-17-11-6-12-18-31/h4-22,33H,23-27H2,1-3H3,(H,40,46). The lowest BCUT2D eigenvalue weighted by Gasteiger charge is -2.39. The Balaban J connectivity index is 1.10. The maximum atomic E-state index is 13.5. The molecule has 2 heterocycles. The molecule has 2 unspecified atom stereocenters. The molecule has 8 nitrogen and oxygen atoms in total. The second-order valence-corrected chi connectivity index (χ2v) is 14.3. The number of carbonyl (C=O) groups excluding carboxylic acids is 2. The Morgan fingerprint density at radius 2 is 1.34 bits per heavy atom. The average molecular weight is 625 g/mol. The fourth-order valence-electron chi connectivity index (χ4n) is 8.25. The van der Waals surface area contributed by atoms with Gasteiger partial charge in [0.25, 0.3) is 5.91 Å². The number of benzene rings is 4. The van der Waals surface area contributed by atoms with Crippen LogP contribution in [0, 0.1) is 10.8 Å². The Kier molecular flexibility index (Phi) is 7.74. The van der Waals surface area contributed by atoms with Crippen molar-refractivity contribution in [3.63, 3.8) is 0 Å². The molecule has 0 radical (unpaired) electrons. The van der Waals surface area contributed by atoms with Crippen LogP contribution < -0.4 is 5.32 Å². The van der Waals surface area contributed by atoms with Crippen LogP contribution >= 0.6 is 0 Å². The molecule has 2 atom stereocenters. The van der Waals surface area contributed by atoms with E-state index in [4.69, 9.17) is 5.10 Å². The van der Waals surface area contributed by atoms with Gasteiger partial charge in [-0.05, 0) is 76.3 Å². The highest BCUT2D eigenvalue weighted by Crippen LogP contribution is 2.52. The zero-order chi connectivity index (χ0) is 32.6. The van der Waals surface area contributed by atoms with Gasteiger partial charge >= 0.3 is 0 Å². The predicted molar refractivity (Wildman–Crippen MR) is 182 cm³/mol. The molecule has 7 rings (SSSR count). The number of likely N-dealkylation sites (tertiary alicyclic amines) is 1. The molecule has 8 heteroatoms. The van der Waals surface area contributed by atoms with E-state index in [1.807, 2.05) is 54.6 Å². The topological polar surface area (TPSA) is 93.0 Å². The number of rotatable bonds is 8. The minimum atomic E-state index is -0.908. The van der Waals surface area contributed by atoms with Gasteiger partial charge in [0.05, 0.1) is 6.42 Å². The Labute approximate surface area is 275 Å². The number of anilines is 1. The maximum Gasteiger partial charge on any atom is 0.254 e. The summed E-state index contributed by atoms with van der Waals surface area (Å²) in [7, 11) is 0. The molecule has 1 N–H and O–H groups in total. The molecule has 2 fully saturated rings. The molecular weight excluding hydrogens is 584 g/mol. The van der Waals surface area contributed by atoms with Crippen molar-refractivity contribution < 1.29 is 9.59 Å². The number of nitrogens with zero attached hydrogens (tertiary/aromatic N) is 5. The van der Waals surface area contributed by atoms with Gasteiger partial charge < -0.3 is 10.2 Å². The highest BCUT2D eigenvalue weighted by Gasteiger charge is 2.51. The van der Waals surface area contributed by atoms with Crippen molar-refractivity contribution in [2.24, 2.45) is 10.8 Å². The van der Waals surface area contributed by atoms with E-state index in [2.05, 4.69) is 77.7 Å². The van der Waals surface area contributed by atoms with Crippen LogP contribution in [-0.2, 0) is 16.8 Å². The first-order chi connectivity index (χ1) is 22.7. The quantitative estimate of drug-likeness (QED) is 0.193.